The molecule has 0 aromatic heterocycles. The van der Waals surface area contributed by atoms with E-state index in [9.17, 15) is 31.1 Å². The molecule has 0 aliphatic carbocycles. The van der Waals surface area contributed by atoms with Crippen LogP contribution >= 0.6 is 11.6 Å². The summed E-state index contributed by atoms with van der Waals surface area (Å²) < 4.78 is 81.4. The van der Waals surface area contributed by atoms with Gasteiger partial charge in [0.2, 0.25) is 0 Å². The minimum atomic E-state index is -5.90. The maximum absolute atomic E-state index is 13.6. The number of benzene rings is 2. The highest BCUT2D eigenvalue weighted by Crippen LogP contribution is 2.43. The number of hydrogen-bond donors (Lipinski definition) is 2. The molecule has 0 spiro atoms. The molecule has 0 radical (unpaired) electrons. The highest BCUT2D eigenvalue weighted by molar-refractivity contribution is 6.30. The molecule has 2 rings (SSSR count). The van der Waals surface area contributed by atoms with Gasteiger partial charge in [-0.05, 0) is 37.3 Å². The average Bonchev–Trinajstić information content (AvgIpc) is 2.54. The van der Waals surface area contributed by atoms with Gasteiger partial charge in [-0.3, -0.25) is 4.79 Å². The zero-order valence-electron chi connectivity index (χ0n) is 13.7. The largest absolute Gasteiger partial charge is 0.439 e. The highest BCUT2D eigenvalue weighted by atomic mass is 35.5. The van der Waals surface area contributed by atoms with Gasteiger partial charge in [0.1, 0.15) is 0 Å². The summed E-state index contributed by atoms with van der Waals surface area (Å²) in [6.07, 6.45) is -11.8. The van der Waals surface area contributed by atoms with Crippen LogP contribution in [0.2, 0.25) is 5.02 Å². The number of rotatable bonds is 4. The zero-order valence-corrected chi connectivity index (χ0v) is 14.4. The Hall–Kier alpha value is -2.42. The van der Waals surface area contributed by atoms with Crippen LogP contribution in [0.3, 0.4) is 0 Å². The van der Waals surface area contributed by atoms with Crippen molar-refractivity contribution in [3.8, 4) is 0 Å². The molecule has 0 saturated carbocycles. The average molecular weight is 411 g/mol. The smallest absolute Gasteiger partial charge is 0.348 e. The van der Waals surface area contributed by atoms with Crippen molar-refractivity contribution in [2.24, 2.45) is 0 Å². The molecule has 27 heavy (non-hydrogen) atoms. The van der Waals surface area contributed by atoms with E-state index >= 15 is 0 Å². The summed E-state index contributed by atoms with van der Waals surface area (Å²) in [5.74, 6) is -1.59. The number of alkyl halides is 6. The van der Waals surface area contributed by atoms with Crippen LogP contribution < -0.4 is 10.6 Å². The third kappa shape index (κ3) is 4.47. The molecule has 0 saturated heterocycles. The van der Waals surface area contributed by atoms with Gasteiger partial charge in [0.25, 0.3) is 5.91 Å². The molecule has 0 atom stereocenters. The Bertz CT molecular complexity index is 803. The first kappa shape index (κ1) is 20.9. The summed E-state index contributed by atoms with van der Waals surface area (Å²) >= 11 is 5.64. The first-order valence-corrected chi connectivity index (χ1v) is 7.80. The fourth-order valence-electron chi connectivity index (χ4n) is 2.20. The van der Waals surface area contributed by atoms with E-state index in [0.29, 0.717) is 5.56 Å². The fraction of sp³-hybridized carbons (Fsp3) is 0.235. The van der Waals surface area contributed by atoms with Gasteiger partial charge in [0.05, 0.1) is 0 Å². The van der Waals surface area contributed by atoms with Crippen molar-refractivity contribution in [1.29, 1.82) is 0 Å². The van der Waals surface area contributed by atoms with Gasteiger partial charge < -0.3 is 10.6 Å². The van der Waals surface area contributed by atoms with Crippen LogP contribution in [0.25, 0.3) is 0 Å². The van der Waals surface area contributed by atoms with Crippen molar-refractivity contribution >= 4 is 23.2 Å². The highest BCUT2D eigenvalue weighted by Gasteiger charge is 2.72. The summed E-state index contributed by atoms with van der Waals surface area (Å²) in [7, 11) is 0. The lowest BCUT2D eigenvalue weighted by atomic mass is 10.1. The lowest BCUT2D eigenvalue weighted by molar-refractivity contribution is -0.294. The zero-order chi connectivity index (χ0) is 20.5. The Morgan fingerprint density at radius 3 is 1.96 bits per heavy atom. The lowest BCUT2D eigenvalue weighted by Crippen LogP contribution is -2.72. The van der Waals surface area contributed by atoms with Crippen LogP contribution in [0.4, 0.5) is 32.0 Å². The SMILES string of the molecule is Cc1ccc(NC(NC(=O)c2cccc(Cl)c2)(C(F)(F)F)C(F)(F)F)cc1. The first-order chi connectivity index (χ1) is 12.4. The van der Waals surface area contributed by atoms with Crippen molar-refractivity contribution in [2.75, 3.05) is 5.32 Å². The second-order valence-electron chi connectivity index (χ2n) is 5.70. The number of carbonyl (C=O) groups is 1. The summed E-state index contributed by atoms with van der Waals surface area (Å²) in [6, 6.07) is 9.32. The molecule has 3 nitrogen and oxygen atoms in total. The molecule has 2 aromatic carbocycles. The van der Waals surface area contributed by atoms with E-state index in [0.717, 1.165) is 29.6 Å². The van der Waals surface area contributed by atoms with Gasteiger partial charge in [0, 0.05) is 16.3 Å². The lowest BCUT2D eigenvalue weighted by Gasteiger charge is -2.39. The second kappa shape index (κ2) is 7.30. The number of carbonyl (C=O) groups excluding carboxylic acids is 1. The molecule has 1 amide bonds. The van der Waals surface area contributed by atoms with Gasteiger partial charge in [-0.25, -0.2) is 0 Å². The van der Waals surface area contributed by atoms with E-state index in [4.69, 9.17) is 11.6 Å². The van der Waals surface area contributed by atoms with Gasteiger partial charge in [-0.2, -0.15) is 26.3 Å². The first-order valence-electron chi connectivity index (χ1n) is 7.42. The molecule has 0 aliphatic heterocycles. The minimum Gasteiger partial charge on any atom is -0.348 e. The van der Waals surface area contributed by atoms with Crippen LogP contribution in [0.15, 0.2) is 48.5 Å². The predicted octanol–water partition coefficient (Wildman–Crippen LogP) is 5.31. The number of anilines is 1. The van der Waals surface area contributed by atoms with Crippen molar-refractivity contribution in [2.45, 2.75) is 24.9 Å². The minimum absolute atomic E-state index is 0.0150. The standard InChI is InChI=1S/C17H13ClF6N2O/c1-10-5-7-13(8-6-10)25-15(16(19,20)21,17(22,23)24)26-14(27)11-3-2-4-12(18)9-11/h2-9,25H,1H3,(H,26,27). The Morgan fingerprint density at radius 1 is 0.926 bits per heavy atom. The third-order valence-corrected chi connectivity index (χ3v) is 3.86. The molecule has 10 heteroatoms. The van der Waals surface area contributed by atoms with Crippen LogP contribution in [-0.4, -0.2) is 23.9 Å². The number of aryl methyl sites for hydroxylation is 1. The topological polar surface area (TPSA) is 41.1 Å². The van der Waals surface area contributed by atoms with Gasteiger partial charge in [-0.15, -0.1) is 0 Å². The van der Waals surface area contributed by atoms with Crippen LogP contribution in [0.1, 0.15) is 15.9 Å². The van der Waals surface area contributed by atoms with Crippen molar-refractivity contribution < 1.29 is 31.1 Å². The second-order valence-corrected chi connectivity index (χ2v) is 6.14. The Balaban J connectivity index is 2.51. The molecule has 0 bridgehead atoms. The molecule has 0 heterocycles. The normalized spacial score (nSPS) is 12.6. The predicted molar refractivity (Wildman–Crippen MR) is 88.6 cm³/mol. The fourth-order valence-corrected chi connectivity index (χ4v) is 2.39. The molecule has 0 unspecified atom stereocenters. The van der Waals surface area contributed by atoms with E-state index in [2.05, 4.69) is 0 Å². The number of nitrogens with one attached hydrogen (secondary N) is 2. The van der Waals surface area contributed by atoms with E-state index in [1.807, 2.05) is 0 Å². The van der Waals surface area contributed by atoms with E-state index < -0.39 is 35.2 Å². The van der Waals surface area contributed by atoms with Gasteiger partial charge in [-0.1, -0.05) is 35.4 Å². The molecule has 2 aromatic rings. The monoisotopic (exact) mass is 410 g/mol. The van der Waals surface area contributed by atoms with Crippen LogP contribution in [0, 0.1) is 6.92 Å². The Morgan fingerprint density at radius 2 is 1.48 bits per heavy atom. The molecule has 2 N–H and O–H groups in total. The van der Waals surface area contributed by atoms with Crippen molar-refractivity contribution in [3.63, 3.8) is 0 Å². The van der Waals surface area contributed by atoms with Crippen molar-refractivity contribution in [1.82, 2.24) is 5.32 Å². The van der Waals surface area contributed by atoms with Crippen LogP contribution in [-0.2, 0) is 0 Å². The Labute approximate surface area is 155 Å². The number of hydrogen-bond acceptors (Lipinski definition) is 2. The maximum atomic E-state index is 13.6. The number of halogens is 7. The van der Waals surface area contributed by atoms with Gasteiger partial charge in [0.15, 0.2) is 0 Å². The quantitative estimate of drug-likeness (QED) is 0.529. The number of amides is 1. The summed E-state index contributed by atoms with van der Waals surface area (Å²) in [4.78, 5) is 12.1. The summed E-state index contributed by atoms with van der Waals surface area (Å²) in [5.41, 5.74) is -4.99. The van der Waals surface area contributed by atoms with E-state index in [1.54, 1.807) is 6.92 Å². The maximum Gasteiger partial charge on any atom is 0.439 e. The Kier molecular flexibility index (Phi) is 5.65. The summed E-state index contributed by atoms with van der Waals surface area (Å²) in [6.45, 7) is 1.62. The summed E-state index contributed by atoms with van der Waals surface area (Å²) in [5, 5.41) is 2.44. The molecule has 0 aliphatic rings. The molecular weight excluding hydrogens is 398 g/mol. The van der Waals surface area contributed by atoms with E-state index in [1.165, 1.54) is 29.6 Å². The third-order valence-electron chi connectivity index (χ3n) is 3.62. The molecule has 146 valence electrons. The van der Waals surface area contributed by atoms with Crippen LogP contribution in [0.5, 0.6) is 0 Å². The molecular formula is C17H13ClF6N2O. The van der Waals surface area contributed by atoms with Crippen molar-refractivity contribution in [3.05, 3.63) is 64.7 Å². The molecule has 0 fully saturated rings. The van der Waals surface area contributed by atoms with E-state index in [-0.39, 0.29) is 5.02 Å². The van der Waals surface area contributed by atoms with Gasteiger partial charge >= 0.3 is 18.0 Å².